The highest BCUT2D eigenvalue weighted by molar-refractivity contribution is 6.30. The van der Waals surface area contributed by atoms with Crippen molar-refractivity contribution in [3.8, 4) is 5.69 Å². The number of piperazine rings is 1. The summed E-state index contributed by atoms with van der Waals surface area (Å²) in [4.78, 5) is 25.7. The molecule has 6 nitrogen and oxygen atoms in total. The molecular formula is C16H17ClN4O2. The Morgan fingerprint density at radius 1 is 1.43 bits per heavy atom. The molecule has 1 fully saturated rings. The van der Waals surface area contributed by atoms with Gasteiger partial charge in [-0.05, 0) is 24.6 Å². The van der Waals surface area contributed by atoms with Gasteiger partial charge in [0.1, 0.15) is 0 Å². The first-order chi connectivity index (χ1) is 11.1. The van der Waals surface area contributed by atoms with Crippen molar-refractivity contribution in [3.05, 3.63) is 46.7 Å². The van der Waals surface area contributed by atoms with E-state index in [4.69, 9.17) is 11.6 Å². The SMILES string of the molecule is CCc1c(C(=O)N2CCNC(=O)C2)cnn1-c1cccc(Cl)c1. The number of carbonyl (C=O) groups excluding carboxylic acids is 2. The van der Waals surface area contributed by atoms with Crippen LogP contribution in [-0.2, 0) is 11.2 Å². The molecule has 1 aromatic heterocycles. The smallest absolute Gasteiger partial charge is 0.257 e. The molecule has 1 saturated heterocycles. The molecule has 1 aromatic carbocycles. The molecule has 1 aliphatic heterocycles. The molecule has 7 heteroatoms. The van der Waals surface area contributed by atoms with Gasteiger partial charge < -0.3 is 10.2 Å². The summed E-state index contributed by atoms with van der Waals surface area (Å²) in [5.74, 6) is -0.296. The Hall–Kier alpha value is -2.34. The fraction of sp³-hybridized carbons (Fsp3) is 0.312. The summed E-state index contributed by atoms with van der Waals surface area (Å²) >= 11 is 6.04. The highest BCUT2D eigenvalue weighted by Crippen LogP contribution is 2.20. The number of amides is 2. The maximum Gasteiger partial charge on any atom is 0.257 e. The number of carbonyl (C=O) groups is 2. The molecule has 120 valence electrons. The third-order valence-electron chi connectivity index (χ3n) is 3.81. The summed E-state index contributed by atoms with van der Waals surface area (Å²) in [5.41, 5.74) is 2.15. The third-order valence-corrected chi connectivity index (χ3v) is 4.05. The lowest BCUT2D eigenvalue weighted by atomic mass is 10.1. The molecule has 2 aromatic rings. The third kappa shape index (κ3) is 3.07. The fourth-order valence-electron chi connectivity index (χ4n) is 2.71. The van der Waals surface area contributed by atoms with E-state index in [1.165, 1.54) is 0 Å². The van der Waals surface area contributed by atoms with Crippen LogP contribution in [0, 0.1) is 0 Å². The average Bonchev–Trinajstić information content (AvgIpc) is 2.98. The van der Waals surface area contributed by atoms with Gasteiger partial charge in [0.05, 0.1) is 29.7 Å². The molecule has 0 saturated carbocycles. The Kier molecular flexibility index (Phi) is 4.34. The van der Waals surface area contributed by atoms with Crippen LogP contribution in [0.3, 0.4) is 0 Å². The van der Waals surface area contributed by atoms with Gasteiger partial charge in [-0.2, -0.15) is 5.10 Å². The van der Waals surface area contributed by atoms with Gasteiger partial charge in [-0.3, -0.25) is 9.59 Å². The van der Waals surface area contributed by atoms with E-state index in [1.807, 2.05) is 19.1 Å². The van der Waals surface area contributed by atoms with Gasteiger partial charge in [0.15, 0.2) is 0 Å². The molecule has 1 N–H and O–H groups in total. The van der Waals surface area contributed by atoms with Crippen LogP contribution in [0.5, 0.6) is 0 Å². The highest BCUT2D eigenvalue weighted by Gasteiger charge is 2.26. The minimum Gasteiger partial charge on any atom is -0.353 e. The largest absolute Gasteiger partial charge is 0.353 e. The topological polar surface area (TPSA) is 67.2 Å². The van der Waals surface area contributed by atoms with Gasteiger partial charge in [-0.25, -0.2) is 4.68 Å². The van der Waals surface area contributed by atoms with Gasteiger partial charge >= 0.3 is 0 Å². The molecule has 0 bridgehead atoms. The van der Waals surface area contributed by atoms with Crippen molar-refractivity contribution in [1.82, 2.24) is 20.0 Å². The summed E-state index contributed by atoms with van der Waals surface area (Å²) in [6.45, 7) is 3.05. The van der Waals surface area contributed by atoms with Crippen LogP contribution >= 0.6 is 11.6 Å². The van der Waals surface area contributed by atoms with Crippen LogP contribution in [0.25, 0.3) is 5.69 Å². The Bertz CT molecular complexity index is 756. The molecule has 0 atom stereocenters. The predicted molar refractivity (Wildman–Crippen MR) is 86.9 cm³/mol. The standard InChI is InChI=1S/C16H17ClN4O2/c1-2-14-13(16(23)20-7-6-18-15(22)10-20)9-19-21(14)12-5-3-4-11(17)8-12/h3-5,8-9H,2,6-7,10H2,1H3,(H,18,22). The van der Waals surface area contributed by atoms with E-state index in [2.05, 4.69) is 10.4 Å². The minimum absolute atomic E-state index is 0.0876. The Morgan fingerprint density at radius 2 is 2.26 bits per heavy atom. The fourth-order valence-corrected chi connectivity index (χ4v) is 2.89. The molecular weight excluding hydrogens is 316 g/mol. The number of nitrogens with zero attached hydrogens (tertiary/aromatic N) is 3. The van der Waals surface area contributed by atoms with Crippen molar-refractivity contribution in [2.75, 3.05) is 19.6 Å². The summed E-state index contributed by atoms with van der Waals surface area (Å²) in [7, 11) is 0. The first-order valence-corrected chi connectivity index (χ1v) is 7.86. The van der Waals surface area contributed by atoms with Crippen LogP contribution < -0.4 is 5.32 Å². The summed E-state index contributed by atoms with van der Waals surface area (Å²) in [5, 5.41) is 7.67. The van der Waals surface area contributed by atoms with Crippen molar-refractivity contribution < 1.29 is 9.59 Å². The second-order valence-corrected chi connectivity index (χ2v) is 5.76. The maximum absolute atomic E-state index is 12.7. The monoisotopic (exact) mass is 332 g/mol. The second kappa shape index (κ2) is 6.42. The summed E-state index contributed by atoms with van der Waals surface area (Å²) in [6.07, 6.45) is 2.21. The van der Waals surface area contributed by atoms with Crippen molar-refractivity contribution in [2.45, 2.75) is 13.3 Å². The van der Waals surface area contributed by atoms with Crippen LogP contribution in [0.4, 0.5) is 0 Å². The van der Waals surface area contributed by atoms with Gasteiger partial charge in [0.25, 0.3) is 5.91 Å². The van der Waals surface area contributed by atoms with Gasteiger partial charge in [0, 0.05) is 18.1 Å². The maximum atomic E-state index is 12.7. The van der Waals surface area contributed by atoms with E-state index in [0.29, 0.717) is 30.1 Å². The second-order valence-electron chi connectivity index (χ2n) is 5.33. The molecule has 23 heavy (non-hydrogen) atoms. The van der Waals surface area contributed by atoms with E-state index in [1.54, 1.807) is 27.9 Å². The van der Waals surface area contributed by atoms with Crippen LogP contribution in [0.1, 0.15) is 23.0 Å². The average molecular weight is 333 g/mol. The predicted octanol–water partition coefficient (Wildman–Crippen LogP) is 1.66. The Morgan fingerprint density at radius 3 is 2.96 bits per heavy atom. The molecule has 1 aliphatic rings. The molecule has 0 radical (unpaired) electrons. The molecule has 2 heterocycles. The lowest BCUT2D eigenvalue weighted by molar-refractivity contribution is -0.123. The number of rotatable bonds is 3. The number of aromatic nitrogens is 2. The highest BCUT2D eigenvalue weighted by atomic mass is 35.5. The number of hydrogen-bond donors (Lipinski definition) is 1. The zero-order valence-corrected chi connectivity index (χ0v) is 13.5. The van der Waals surface area contributed by atoms with E-state index in [-0.39, 0.29) is 18.4 Å². The van der Waals surface area contributed by atoms with Gasteiger partial charge in [-0.15, -0.1) is 0 Å². The lowest BCUT2D eigenvalue weighted by Gasteiger charge is -2.26. The number of hydrogen-bond acceptors (Lipinski definition) is 3. The first kappa shape index (κ1) is 15.6. The van der Waals surface area contributed by atoms with Crippen molar-refractivity contribution >= 4 is 23.4 Å². The van der Waals surface area contributed by atoms with Gasteiger partial charge in [-0.1, -0.05) is 24.6 Å². The molecule has 3 rings (SSSR count). The Labute approximate surface area is 139 Å². The number of benzene rings is 1. The van der Waals surface area contributed by atoms with Crippen LogP contribution in [-0.4, -0.2) is 46.1 Å². The molecule has 0 spiro atoms. The quantitative estimate of drug-likeness (QED) is 0.929. The van der Waals surface area contributed by atoms with E-state index in [0.717, 1.165) is 11.4 Å². The molecule has 0 unspecified atom stereocenters. The van der Waals surface area contributed by atoms with E-state index in [9.17, 15) is 9.59 Å². The summed E-state index contributed by atoms with van der Waals surface area (Å²) < 4.78 is 1.73. The van der Waals surface area contributed by atoms with Crippen molar-refractivity contribution in [3.63, 3.8) is 0 Å². The number of nitrogens with one attached hydrogen (secondary N) is 1. The minimum atomic E-state index is -0.162. The zero-order valence-electron chi connectivity index (χ0n) is 12.8. The molecule has 0 aliphatic carbocycles. The van der Waals surface area contributed by atoms with Crippen LogP contribution in [0.2, 0.25) is 5.02 Å². The lowest BCUT2D eigenvalue weighted by Crippen LogP contribution is -2.50. The summed E-state index contributed by atoms with van der Waals surface area (Å²) in [6, 6.07) is 7.32. The first-order valence-electron chi connectivity index (χ1n) is 7.49. The van der Waals surface area contributed by atoms with Crippen LogP contribution in [0.15, 0.2) is 30.5 Å². The normalized spacial score (nSPS) is 14.7. The Balaban J connectivity index is 1.95. The van der Waals surface area contributed by atoms with Gasteiger partial charge in [0.2, 0.25) is 5.91 Å². The van der Waals surface area contributed by atoms with Crippen molar-refractivity contribution in [1.29, 1.82) is 0 Å². The molecule has 2 amide bonds. The van der Waals surface area contributed by atoms with E-state index >= 15 is 0 Å². The zero-order chi connectivity index (χ0) is 16.4. The van der Waals surface area contributed by atoms with E-state index < -0.39 is 0 Å². The van der Waals surface area contributed by atoms with Crippen molar-refractivity contribution in [2.24, 2.45) is 0 Å². The number of halogens is 1.